The summed E-state index contributed by atoms with van der Waals surface area (Å²) >= 11 is 0. The van der Waals surface area contributed by atoms with Gasteiger partial charge >= 0.3 is 0 Å². The average molecular weight is 275 g/mol. The van der Waals surface area contributed by atoms with Crippen molar-refractivity contribution >= 4 is 0 Å². The minimum atomic E-state index is -0.945. The maximum absolute atomic E-state index is 13.7. The van der Waals surface area contributed by atoms with Crippen LogP contribution in [0.4, 0.5) is 8.78 Å². The van der Waals surface area contributed by atoms with Gasteiger partial charge in [0.1, 0.15) is 5.75 Å². The molecule has 1 aliphatic heterocycles. The smallest absolute Gasteiger partial charge is 0.231 e. The zero-order chi connectivity index (χ0) is 14.1. The molecule has 0 radical (unpaired) electrons. The zero-order valence-electron chi connectivity index (χ0n) is 10.0. The third kappa shape index (κ3) is 2.10. The summed E-state index contributed by atoms with van der Waals surface area (Å²) in [6.45, 7) is 0.0956. The average Bonchev–Trinajstić information content (AvgIpc) is 2.90. The summed E-state index contributed by atoms with van der Waals surface area (Å²) in [5.74, 6) is -1.27. The molecule has 100 valence electrons. The van der Waals surface area contributed by atoms with E-state index in [9.17, 15) is 8.78 Å². The quantitative estimate of drug-likeness (QED) is 0.843. The fraction of sp³-hybridized carbons (Fsp3) is 0.0714. The molecular weight excluding hydrogens is 268 g/mol. The molecule has 0 spiro atoms. The largest absolute Gasteiger partial charge is 0.454 e. The predicted molar refractivity (Wildman–Crippen MR) is 63.7 cm³/mol. The van der Waals surface area contributed by atoms with E-state index >= 15 is 0 Å². The number of ether oxygens (including phenoxy) is 3. The second-order valence-corrected chi connectivity index (χ2v) is 4.00. The molecule has 0 bridgehead atoms. The molecule has 1 aliphatic rings. The molecule has 0 aromatic heterocycles. The van der Waals surface area contributed by atoms with Gasteiger partial charge in [0.25, 0.3) is 0 Å². The molecule has 20 heavy (non-hydrogen) atoms. The number of rotatable bonds is 2. The van der Waals surface area contributed by atoms with Gasteiger partial charge in [0.2, 0.25) is 6.79 Å². The van der Waals surface area contributed by atoms with Gasteiger partial charge in [-0.1, -0.05) is 0 Å². The Balaban J connectivity index is 1.94. The minimum Gasteiger partial charge on any atom is -0.454 e. The fourth-order valence-electron chi connectivity index (χ4n) is 1.78. The summed E-state index contributed by atoms with van der Waals surface area (Å²) in [5, 5.41) is 8.62. The SMILES string of the molecule is N#Cc1cc(F)c(Oc2ccc3c(c2)OCO3)c(F)c1. The lowest BCUT2D eigenvalue weighted by Crippen LogP contribution is -1.94. The van der Waals surface area contributed by atoms with Crippen molar-refractivity contribution in [1.82, 2.24) is 0 Å². The van der Waals surface area contributed by atoms with E-state index in [1.54, 1.807) is 12.1 Å². The maximum Gasteiger partial charge on any atom is 0.231 e. The van der Waals surface area contributed by atoms with Gasteiger partial charge in [0.15, 0.2) is 28.9 Å². The molecule has 1 heterocycles. The number of nitrogens with zero attached hydrogens (tertiary/aromatic N) is 1. The van der Waals surface area contributed by atoms with Crippen LogP contribution in [0.3, 0.4) is 0 Å². The highest BCUT2D eigenvalue weighted by atomic mass is 19.1. The summed E-state index contributed by atoms with van der Waals surface area (Å²) in [4.78, 5) is 0. The molecule has 2 aromatic carbocycles. The number of benzene rings is 2. The van der Waals surface area contributed by atoms with Crippen molar-refractivity contribution in [2.75, 3.05) is 6.79 Å². The second-order valence-electron chi connectivity index (χ2n) is 4.00. The van der Waals surface area contributed by atoms with Crippen LogP contribution < -0.4 is 14.2 Å². The Labute approximate surface area is 112 Å². The number of hydrogen-bond donors (Lipinski definition) is 0. The molecular formula is C14H7F2NO3. The first-order valence-electron chi connectivity index (χ1n) is 5.64. The molecule has 6 heteroatoms. The first kappa shape index (κ1) is 12.2. The van der Waals surface area contributed by atoms with Gasteiger partial charge in [-0.15, -0.1) is 0 Å². The van der Waals surface area contributed by atoms with Crippen LogP contribution in [0, 0.1) is 23.0 Å². The van der Waals surface area contributed by atoms with E-state index in [0.29, 0.717) is 11.5 Å². The predicted octanol–water partition coefficient (Wildman–Crippen LogP) is 3.36. The van der Waals surface area contributed by atoms with Gasteiger partial charge in [-0.05, 0) is 24.3 Å². The van der Waals surface area contributed by atoms with Crippen molar-refractivity contribution in [3.63, 3.8) is 0 Å². The van der Waals surface area contributed by atoms with Gasteiger partial charge in [0, 0.05) is 6.07 Å². The van der Waals surface area contributed by atoms with Crippen molar-refractivity contribution in [3.05, 3.63) is 47.5 Å². The van der Waals surface area contributed by atoms with E-state index in [-0.39, 0.29) is 18.1 Å². The summed E-state index contributed by atoms with van der Waals surface area (Å²) in [5.41, 5.74) is -0.113. The van der Waals surface area contributed by atoms with Crippen molar-refractivity contribution < 1.29 is 23.0 Å². The van der Waals surface area contributed by atoms with Crippen LogP contribution in [-0.2, 0) is 0 Å². The summed E-state index contributed by atoms with van der Waals surface area (Å²) < 4.78 is 42.8. The topological polar surface area (TPSA) is 51.5 Å². The summed E-state index contributed by atoms with van der Waals surface area (Å²) in [7, 11) is 0. The molecule has 0 saturated carbocycles. The Morgan fingerprint density at radius 3 is 2.45 bits per heavy atom. The van der Waals surface area contributed by atoms with Crippen LogP contribution in [0.25, 0.3) is 0 Å². The first-order valence-corrected chi connectivity index (χ1v) is 5.64. The van der Waals surface area contributed by atoms with Crippen molar-refractivity contribution in [2.45, 2.75) is 0 Å². The molecule has 2 aromatic rings. The van der Waals surface area contributed by atoms with E-state index in [1.807, 2.05) is 0 Å². The number of fused-ring (bicyclic) bond motifs is 1. The van der Waals surface area contributed by atoms with E-state index in [4.69, 9.17) is 19.5 Å². The van der Waals surface area contributed by atoms with Crippen LogP contribution in [0.15, 0.2) is 30.3 Å². The Bertz CT molecular complexity index is 702. The summed E-state index contributed by atoms with van der Waals surface area (Å²) in [6.07, 6.45) is 0. The third-order valence-corrected chi connectivity index (χ3v) is 2.69. The Morgan fingerprint density at radius 2 is 1.75 bits per heavy atom. The lowest BCUT2D eigenvalue weighted by atomic mass is 10.2. The van der Waals surface area contributed by atoms with Gasteiger partial charge in [-0.3, -0.25) is 0 Å². The maximum atomic E-state index is 13.7. The highest BCUT2D eigenvalue weighted by molar-refractivity contribution is 5.48. The fourth-order valence-corrected chi connectivity index (χ4v) is 1.78. The normalized spacial score (nSPS) is 12.1. The lowest BCUT2D eigenvalue weighted by molar-refractivity contribution is 0.174. The molecule has 0 N–H and O–H groups in total. The van der Waals surface area contributed by atoms with Gasteiger partial charge in [-0.2, -0.15) is 5.26 Å². The molecule has 0 aliphatic carbocycles. The number of nitriles is 1. The third-order valence-electron chi connectivity index (χ3n) is 2.69. The molecule has 0 fully saturated rings. The molecule has 0 saturated heterocycles. The number of hydrogen-bond acceptors (Lipinski definition) is 4. The van der Waals surface area contributed by atoms with Crippen LogP contribution in [-0.4, -0.2) is 6.79 Å². The highest BCUT2D eigenvalue weighted by Crippen LogP contribution is 2.37. The molecule has 0 unspecified atom stereocenters. The van der Waals surface area contributed by atoms with Crippen LogP contribution in [0.1, 0.15) is 5.56 Å². The van der Waals surface area contributed by atoms with Crippen LogP contribution >= 0.6 is 0 Å². The van der Waals surface area contributed by atoms with E-state index in [1.165, 1.54) is 12.1 Å². The van der Waals surface area contributed by atoms with Crippen LogP contribution in [0.2, 0.25) is 0 Å². The Kier molecular flexibility index (Phi) is 2.88. The molecule has 0 atom stereocenters. The lowest BCUT2D eigenvalue weighted by Gasteiger charge is -2.08. The van der Waals surface area contributed by atoms with Gasteiger partial charge < -0.3 is 14.2 Å². The Hall–Kier alpha value is -2.81. The monoisotopic (exact) mass is 275 g/mol. The van der Waals surface area contributed by atoms with Crippen molar-refractivity contribution in [1.29, 1.82) is 5.26 Å². The minimum absolute atomic E-state index is 0.0956. The Morgan fingerprint density at radius 1 is 1.05 bits per heavy atom. The molecule has 4 nitrogen and oxygen atoms in total. The zero-order valence-corrected chi connectivity index (χ0v) is 10.0. The van der Waals surface area contributed by atoms with Crippen LogP contribution in [0.5, 0.6) is 23.0 Å². The highest BCUT2D eigenvalue weighted by Gasteiger charge is 2.17. The van der Waals surface area contributed by atoms with E-state index in [0.717, 1.165) is 12.1 Å². The summed E-state index contributed by atoms with van der Waals surface area (Å²) in [6, 6.07) is 8.03. The second kappa shape index (κ2) is 4.70. The van der Waals surface area contributed by atoms with Gasteiger partial charge in [0.05, 0.1) is 11.6 Å². The first-order chi connectivity index (χ1) is 9.67. The van der Waals surface area contributed by atoms with Crippen molar-refractivity contribution in [3.8, 4) is 29.1 Å². The van der Waals surface area contributed by atoms with E-state index < -0.39 is 17.4 Å². The van der Waals surface area contributed by atoms with E-state index in [2.05, 4.69) is 0 Å². The van der Waals surface area contributed by atoms with Crippen molar-refractivity contribution in [2.24, 2.45) is 0 Å². The standard InChI is InChI=1S/C14H7F2NO3/c15-10-3-8(6-17)4-11(16)14(10)20-9-1-2-12-13(5-9)19-7-18-12/h1-5H,7H2. The molecule has 0 amide bonds. The number of halogens is 2. The van der Waals surface area contributed by atoms with Gasteiger partial charge in [-0.25, -0.2) is 8.78 Å². The molecule has 3 rings (SSSR count).